The van der Waals surface area contributed by atoms with Gasteiger partial charge in [0.2, 0.25) is 5.89 Å². The summed E-state index contributed by atoms with van der Waals surface area (Å²) in [5, 5.41) is 3.98. The molecule has 0 bridgehead atoms. The smallest absolute Gasteiger partial charge is 0.240 e. The minimum atomic E-state index is 0.332. The highest BCUT2D eigenvalue weighted by Crippen LogP contribution is 2.37. The van der Waals surface area contributed by atoms with Crippen molar-refractivity contribution in [2.75, 3.05) is 6.54 Å². The Morgan fingerprint density at radius 2 is 2.18 bits per heavy atom. The maximum Gasteiger partial charge on any atom is 0.240 e. The van der Waals surface area contributed by atoms with Crippen LogP contribution in [0, 0.1) is 5.92 Å². The molecule has 5 heteroatoms. The number of rotatable bonds is 4. The summed E-state index contributed by atoms with van der Waals surface area (Å²) in [6, 6.07) is 0.753. The second kappa shape index (κ2) is 4.74. The van der Waals surface area contributed by atoms with E-state index in [0.29, 0.717) is 12.4 Å². The monoisotopic (exact) mass is 236 g/mol. The Morgan fingerprint density at radius 3 is 2.82 bits per heavy atom. The van der Waals surface area contributed by atoms with Gasteiger partial charge in [0.05, 0.1) is 13.1 Å². The molecule has 5 nitrogen and oxygen atoms in total. The van der Waals surface area contributed by atoms with Crippen LogP contribution in [0.5, 0.6) is 0 Å². The van der Waals surface area contributed by atoms with Crippen LogP contribution in [0.2, 0.25) is 0 Å². The topological polar surface area (TPSA) is 68.2 Å². The lowest BCUT2D eigenvalue weighted by atomic mass is 9.79. The minimum absolute atomic E-state index is 0.332. The highest BCUT2D eigenvalue weighted by molar-refractivity contribution is 4.93. The fourth-order valence-electron chi connectivity index (χ4n) is 3.03. The van der Waals surface area contributed by atoms with Gasteiger partial charge < -0.3 is 10.3 Å². The maximum absolute atomic E-state index is 5.47. The molecule has 3 rings (SSSR count). The first-order valence-corrected chi connectivity index (χ1v) is 6.62. The van der Waals surface area contributed by atoms with Crippen molar-refractivity contribution < 1.29 is 4.52 Å². The molecule has 1 aliphatic heterocycles. The molecule has 1 aliphatic carbocycles. The van der Waals surface area contributed by atoms with Gasteiger partial charge in [-0.15, -0.1) is 0 Å². The Balaban J connectivity index is 1.63. The van der Waals surface area contributed by atoms with Crippen LogP contribution in [0.4, 0.5) is 0 Å². The predicted octanol–water partition coefficient (Wildman–Crippen LogP) is 1.29. The van der Waals surface area contributed by atoms with E-state index in [1.165, 1.54) is 38.6 Å². The SMILES string of the molecule is NCc1nc(CN2CCCC2C2CCC2)no1. The molecule has 94 valence electrons. The lowest BCUT2D eigenvalue weighted by Crippen LogP contribution is -2.38. The zero-order valence-corrected chi connectivity index (χ0v) is 10.1. The van der Waals surface area contributed by atoms with Crippen LogP contribution in [0.1, 0.15) is 43.8 Å². The van der Waals surface area contributed by atoms with Crippen LogP contribution in [0.3, 0.4) is 0 Å². The molecule has 0 amide bonds. The molecule has 17 heavy (non-hydrogen) atoms. The van der Waals surface area contributed by atoms with Crippen molar-refractivity contribution in [2.45, 2.75) is 51.2 Å². The molecule has 2 aliphatic rings. The summed E-state index contributed by atoms with van der Waals surface area (Å²) in [5.74, 6) is 2.24. The summed E-state index contributed by atoms with van der Waals surface area (Å²) in [4.78, 5) is 6.81. The van der Waals surface area contributed by atoms with Gasteiger partial charge in [0.25, 0.3) is 0 Å². The van der Waals surface area contributed by atoms with Crippen molar-refractivity contribution >= 4 is 0 Å². The Morgan fingerprint density at radius 1 is 1.29 bits per heavy atom. The van der Waals surface area contributed by atoms with Crippen molar-refractivity contribution in [3.8, 4) is 0 Å². The van der Waals surface area contributed by atoms with Gasteiger partial charge in [-0.1, -0.05) is 11.6 Å². The van der Waals surface area contributed by atoms with Crippen LogP contribution in [0.15, 0.2) is 4.52 Å². The summed E-state index contributed by atoms with van der Waals surface area (Å²) in [6.07, 6.45) is 6.87. The van der Waals surface area contributed by atoms with Crippen LogP contribution in [-0.2, 0) is 13.1 Å². The van der Waals surface area contributed by atoms with Crippen molar-refractivity contribution in [1.29, 1.82) is 0 Å². The molecule has 1 atom stereocenters. The highest BCUT2D eigenvalue weighted by atomic mass is 16.5. The van der Waals surface area contributed by atoms with Crippen LogP contribution in [0.25, 0.3) is 0 Å². The molecule has 1 unspecified atom stereocenters. The van der Waals surface area contributed by atoms with Gasteiger partial charge in [-0.25, -0.2) is 0 Å². The molecule has 0 spiro atoms. The van der Waals surface area contributed by atoms with E-state index >= 15 is 0 Å². The fourth-order valence-corrected chi connectivity index (χ4v) is 3.03. The lowest BCUT2D eigenvalue weighted by Gasteiger charge is -2.36. The first kappa shape index (κ1) is 11.2. The summed E-state index contributed by atoms with van der Waals surface area (Å²) in [5.41, 5.74) is 5.47. The van der Waals surface area contributed by atoms with Gasteiger partial charge in [-0.05, 0) is 38.1 Å². The van der Waals surface area contributed by atoms with Crippen LogP contribution < -0.4 is 5.73 Å². The quantitative estimate of drug-likeness (QED) is 0.853. The Labute approximate surface area is 101 Å². The van der Waals surface area contributed by atoms with Crippen molar-refractivity contribution in [1.82, 2.24) is 15.0 Å². The van der Waals surface area contributed by atoms with Gasteiger partial charge >= 0.3 is 0 Å². The lowest BCUT2D eigenvalue weighted by molar-refractivity contribution is 0.123. The number of likely N-dealkylation sites (tertiary alicyclic amines) is 1. The van der Waals surface area contributed by atoms with E-state index in [1.807, 2.05) is 0 Å². The van der Waals surface area contributed by atoms with Gasteiger partial charge in [0.15, 0.2) is 5.82 Å². The zero-order chi connectivity index (χ0) is 11.7. The molecule has 1 saturated carbocycles. The molecular weight excluding hydrogens is 216 g/mol. The summed E-state index contributed by atoms with van der Waals surface area (Å²) < 4.78 is 5.05. The van der Waals surface area contributed by atoms with E-state index in [4.69, 9.17) is 10.3 Å². The minimum Gasteiger partial charge on any atom is -0.338 e. The second-order valence-electron chi connectivity index (χ2n) is 5.18. The van der Waals surface area contributed by atoms with Crippen LogP contribution >= 0.6 is 0 Å². The molecule has 1 aromatic rings. The summed E-state index contributed by atoms with van der Waals surface area (Å²) in [6.45, 7) is 2.33. The number of hydrogen-bond acceptors (Lipinski definition) is 5. The van der Waals surface area contributed by atoms with Crippen molar-refractivity contribution in [3.05, 3.63) is 11.7 Å². The molecule has 1 saturated heterocycles. The van der Waals surface area contributed by atoms with E-state index in [1.54, 1.807) is 0 Å². The number of aromatic nitrogens is 2. The molecular formula is C12H20N4O. The molecule has 1 aromatic heterocycles. The third-order valence-electron chi connectivity index (χ3n) is 4.14. The number of nitrogens with zero attached hydrogens (tertiary/aromatic N) is 3. The van der Waals surface area contributed by atoms with E-state index in [9.17, 15) is 0 Å². The van der Waals surface area contributed by atoms with Gasteiger partial charge in [-0.2, -0.15) is 4.98 Å². The second-order valence-corrected chi connectivity index (χ2v) is 5.18. The van der Waals surface area contributed by atoms with E-state index in [0.717, 1.165) is 24.3 Å². The van der Waals surface area contributed by atoms with E-state index in [2.05, 4.69) is 15.0 Å². The zero-order valence-electron chi connectivity index (χ0n) is 10.1. The molecule has 2 N–H and O–H groups in total. The van der Waals surface area contributed by atoms with Crippen molar-refractivity contribution in [3.63, 3.8) is 0 Å². The standard InChI is InChI=1S/C12H20N4O/c13-7-12-14-11(15-17-12)8-16-6-2-5-10(16)9-3-1-4-9/h9-10H,1-8,13H2. The van der Waals surface area contributed by atoms with Crippen molar-refractivity contribution in [2.24, 2.45) is 11.7 Å². The molecule has 0 aromatic carbocycles. The highest BCUT2D eigenvalue weighted by Gasteiger charge is 2.35. The average molecular weight is 236 g/mol. The summed E-state index contributed by atoms with van der Waals surface area (Å²) >= 11 is 0. The third kappa shape index (κ3) is 2.21. The summed E-state index contributed by atoms with van der Waals surface area (Å²) in [7, 11) is 0. The predicted molar refractivity (Wildman–Crippen MR) is 63.0 cm³/mol. The number of nitrogens with two attached hydrogens (primary N) is 1. The van der Waals surface area contributed by atoms with E-state index in [-0.39, 0.29) is 0 Å². The first-order valence-electron chi connectivity index (χ1n) is 6.62. The van der Waals surface area contributed by atoms with Gasteiger partial charge in [0, 0.05) is 6.04 Å². The average Bonchev–Trinajstić information content (AvgIpc) is 2.87. The molecule has 2 fully saturated rings. The number of hydrogen-bond donors (Lipinski definition) is 1. The molecule has 2 heterocycles. The molecule has 0 radical (unpaired) electrons. The Hall–Kier alpha value is -0.940. The largest absolute Gasteiger partial charge is 0.338 e. The van der Waals surface area contributed by atoms with Gasteiger partial charge in [0.1, 0.15) is 0 Å². The van der Waals surface area contributed by atoms with Gasteiger partial charge in [-0.3, -0.25) is 4.90 Å². The first-order chi connectivity index (χ1) is 8.36. The fraction of sp³-hybridized carbons (Fsp3) is 0.833. The normalized spacial score (nSPS) is 26.3. The third-order valence-corrected chi connectivity index (χ3v) is 4.14. The van der Waals surface area contributed by atoms with Crippen LogP contribution in [-0.4, -0.2) is 27.6 Å². The van der Waals surface area contributed by atoms with E-state index < -0.39 is 0 Å². The maximum atomic E-state index is 5.47. The Bertz CT molecular complexity index is 374. The Kier molecular flexibility index (Phi) is 3.11.